The summed E-state index contributed by atoms with van der Waals surface area (Å²) in [5, 5.41) is 6.57. The molecule has 0 saturated carbocycles. The van der Waals surface area contributed by atoms with Crippen LogP contribution in [0.2, 0.25) is 0 Å². The van der Waals surface area contributed by atoms with E-state index in [1.807, 2.05) is 85.2 Å². The average Bonchev–Trinajstić information content (AvgIpc) is 3.59. The third kappa shape index (κ3) is 7.05. The molecule has 9 nitrogen and oxygen atoms in total. The maximum absolute atomic E-state index is 13.3. The maximum atomic E-state index is 13.3. The number of hydrogen-bond donors (Lipinski definition) is 2. The zero-order valence-electron chi connectivity index (χ0n) is 26.4. The van der Waals surface area contributed by atoms with Crippen molar-refractivity contribution in [2.45, 2.75) is 13.0 Å². The van der Waals surface area contributed by atoms with Crippen molar-refractivity contribution in [2.24, 2.45) is 0 Å². The van der Waals surface area contributed by atoms with Crippen molar-refractivity contribution in [1.82, 2.24) is 4.57 Å². The predicted molar refractivity (Wildman–Crippen MR) is 185 cm³/mol. The van der Waals surface area contributed by atoms with Crippen LogP contribution in [0.25, 0.3) is 11.1 Å². The Morgan fingerprint density at radius 1 is 0.745 bits per heavy atom. The van der Waals surface area contributed by atoms with Crippen molar-refractivity contribution in [3.8, 4) is 28.4 Å². The standard InChI is InChI=1S/C38H38N4O5/c1-44-37-26-29(6-13-36(37)47-23-17-41-15-2-3-16-41)28-5-11-32-34(25-28)39-33-12-4-27(24-35(33)40-38(32)43)14-20-46-31-9-7-30(8-10-31)42-18-21-45-22-19-42/h2-13,15-16,24-26,39H,14,17-23H2,1H3,(H,40,43). The summed E-state index contributed by atoms with van der Waals surface area (Å²) in [6.07, 6.45) is 4.73. The number of benzene rings is 4. The molecule has 0 spiro atoms. The highest BCUT2D eigenvalue weighted by atomic mass is 16.5. The van der Waals surface area contributed by atoms with Crippen molar-refractivity contribution in [3.05, 3.63) is 115 Å². The highest BCUT2D eigenvalue weighted by Gasteiger charge is 2.20. The molecule has 1 aromatic heterocycles. The summed E-state index contributed by atoms with van der Waals surface area (Å²) in [4.78, 5) is 15.6. The van der Waals surface area contributed by atoms with Crippen LogP contribution in [0.15, 0.2) is 103 Å². The van der Waals surface area contributed by atoms with Gasteiger partial charge in [-0.15, -0.1) is 0 Å². The van der Waals surface area contributed by atoms with Crippen molar-refractivity contribution >= 4 is 28.7 Å². The number of hydrogen-bond acceptors (Lipinski definition) is 7. The number of fused-ring (bicyclic) bond motifs is 2. The van der Waals surface area contributed by atoms with Crippen LogP contribution in [0.5, 0.6) is 17.2 Å². The Balaban J connectivity index is 0.997. The summed E-state index contributed by atoms with van der Waals surface area (Å²) >= 11 is 0. The molecule has 2 aliphatic heterocycles. The minimum atomic E-state index is -0.157. The summed E-state index contributed by atoms with van der Waals surface area (Å²) in [6.45, 7) is 5.15. The molecule has 0 bridgehead atoms. The first-order valence-electron chi connectivity index (χ1n) is 16.0. The van der Waals surface area contributed by atoms with Crippen molar-refractivity contribution in [2.75, 3.05) is 62.2 Å². The van der Waals surface area contributed by atoms with Gasteiger partial charge < -0.3 is 39.0 Å². The van der Waals surface area contributed by atoms with E-state index in [9.17, 15) is 4.79 Å². The molecule has 2 aliphatic rings. The Bertz CT molecular complexity index is 1830. The normalized spacial score (nSPS) is 13.9. The largest absolute Gasteiger partial charge is 0.493 e. The lowest BCUT2D eigenvalue weighted by atomic mass is 10.0. The topological polar surface area (TPSA) is 86.2 Å². The number of rotatable bonds is 11. The molecule has 1 fully saturated rings. The molecule has 0 atom stereocenters. The second kappa shape index (κ2) is 13.9. The van der Waals surface area contributed by atoms with Gasteiger partial charge in [-0.05, 0) is 89.5 Å². The number of amides is 1. The Morgan fingerprint density at radius 3 is 2.34 bits per heavy atom. The second-order valence-corrected chi connectivity index (χ2v) is 11.5. The minimum absolute atomic E-state index is 0.157. The van der Waals surface area contributed by atoms with Gasteiger partial charge in [0.05, 0.1) is 56.1 Å². The van der Waals surface area contributed by atoms with Crippen LogP contribution in [0.3, 0.4) is 0 Å². The number of ether oxygens (including phenoxy) is 4. The summed E-state index contributed by atoms with van der Waals surface area (Å²) in [5.41, 5.74) is 7.06. The highest BCUT2D eigenvalue weighted by molar-refractivity contribution is 6.12. The minimum Gasteiger partial charge on any atom is -0.493 e. The van der Waals surface area contributed by atoms with Gasteiger partial charge in [0.15, 0.2) is 11.5 Å². The van der Waals surface area contributed by atoms with Gasteiger partial charge in [0.2, 0.25) is 0 Å². The summed E-state index contributed by atoms with van der Waals surface area (Å²) in [7, 11) is 1.64. The predicted octanol–water partition coefficient (Wildman–Crippen LogP) is 7.01. The van der Waals surface area contributed by atoms with E-state index in [0.29, 0.717) is 36.7 Å². The zero-order valence-corrected chi connectivity index (χ0v) is 26.4. The average molecular weight is 631 g/mol. The van der Waals surface area contributed by atoms with Gasteiger partial charge in [0.25, 0.3) is 5.91 Å². The second-order valence-electron chi connectivity index (χ2n) is 11.5. The Hall–Kier alpha value is -5.41. The lowest BCUT2D eigenvalue weighted by Crippen LogP contribution is -2.36. The van der Waals surface area contributed by atoms with Crippen molar-refractivity contribution in [1.29, 1.82) is 0 Å². The van der Waals surface area contributed by atoms with E-state index in [2.05, 4.69) is 38.3 Å². The number of morpholine rings is 1. The van der Waals surface area contributed by atoms with Crippen LogP contribution in [0.1, 0.15) is 15.9 Å². The maximum Gasteiger partial charge on any atom is 0.257 e. The van der Waals surface area contributed by atoms with E-state index in [1.54, 1.807) is 7.11 Å². The number of methoxy groups -OCH3 is 1. The number of anilines is 4. The number of aromatic nitrogens is 1. The van der Waals surface area contributed by atoms with E-state index in [4.69, 9.17) is 18.9 Å². The van der Waals surface area contributed by atoms with E-state index in [-0.39, 0.29) is 5.91 Å². The van der Waals surface area contributed by atoms with Gasteiger partial charge in [0.1, 0.15) is 12.4 Å². The molecular weight excluding hydrogens is 592 g/mol. The Kier molecular flexibility index (Phi) is 8.96. The lowest BCUT2D eigenvalue weighted by molar-refractivity contribution is 0.102. The molecule has 0 unspecified atom stereocenters. The summed E-state index contributed by atoms with van der Waals surface area (Å²) in [5.74, 6) is 2.02. The first-order valence-corrected chi connectivity index (χ1v) is 16.0. The molecule has 4 aromatic carbocycles. The van der Waals surface area contributed by atoms with E-state index < -0.39 is 0 Å². The van der Waals surface area contributed by atoms with Crippen molar-refractivity contribution in [3.63, 3.8) is 0 Å². The monoisotopic (exact) mass is 630 g/mol. The SMILES string of the molecule is COc1cc(-c2ccc3c(c2)Nc2ccc(CCOc4ccc(N5CCOCC5)cc4)cc2NC3=O)ccc1OCCn1cccc1. The van der Waals surface area contributed by atoms with E-state index >= 15 is 0 Å². The number of carbonyl (C=O) groups excluding carboxylic acids is 1. The lowest BCUT2D eigenvalue weighted by Gasteiger charge is -2.28. The molecular formula is C38H38N4O5. The van der Waals surface area contributed by atoms with E-state index in [0.717, 1.165) is 72.4 Å². The third-order valence-corrected chi connectivity index (χ3v) is 8.51. The van der Waals surface area contributed by atoms with Gasteiger partial charge >= 0.3 is 0 Å². The van der Waals surface area contributed by atoms with Gasteiger partial charge in [-0.2, -0.15) is 0 Å². The van der Waals surface area contributed by atoms with Crippen LogP contribution in [0.4, 0.5) is 22.7 Å². The quantitative estimate of drug-likeness (QED) is 0.162. The Morgan fingerprint density at radius 2 is 1.53 bits per heavy atom. The fourth-order valence-electron chi connectivity index (χ4n) is 5.93. The molecule has 0 aliphatic carbocycles. The molecule has 47 heavy (non-hydrogen) atoms. The summed E-state index contributed by atoms with van der Waals surface area (Å²) in [6, 6.07) is 30.0. The molecule has 7 rings (SSSR count). The molecule has 1 amide bonds. The number of nitrogens with one attached hydrogen (secondary N) is 2. The van der Waals surface area contributed by atoms with Crippen LogP contribution in [-0.2, 0) is 17.7 Å². The van der Waals surface area contributed by atoms with Gasteiger partial charge in [-0.3, -0.25) is 4.79 Å². The third-order valence-electron chi connectivity index (χ3n) is 8.51. The van der Waals surface area contributed by atoms with Crippen LogP contribution in [-0.4, -0.2) is 57.1 Å². The van der Waals surface area contributed by atoms with E-state index in [1.165, 1.54) is 5.69 Å². The first-order chi connectivity index (χ1) is 23.1. The first kappa shape index (κ1) is 30.3. The van der Waals surface area contributed by atoms with Crippen LogP contribution < -0.4 is 29.7 Å². The molecule has 2 N–H and O–H groups in total. The van der Waals surface area contributed by atoms with Crippen LogP contribution in [0, 0.1) is 0 Å². The Labute approximate surface area is 274 Å². The molecule has 3 heterocycles. The molecule has 0 radical (unpaired) electrons. The molecule has 5 aromatic rings. The number of nitrogens with zero attached hydrogens (tertiary/aromatic N) is 2. The van der Waals surface area contributed by atoms with Crippen LogP contribution >= 0.6 is 0 Å². The van der Waals surface area contributed by atoms with Crippen molar-refractivity contribution < 1.29 is 23.7 Å². The zero-order chi connectivity index (χ0) is 32.0. The van der Waals surface area contributed by atoms with Gasteiger partial charge in [-0.25, -0.2) is 0 Å². The van der Waals surface area contributed by atoms with Gasteiger partial charge in [0, 0.05) is 37.6 Å². The molecule has 240 valence electrons. The summed E-state index contributed by atoms with van der Waals surface area (Å²) < 4.78 is 25.2. The highest BCUT2D eigenvalue weighted by Crippen LogP contribution is 2.37. The molecule has 9 heteroatoms. The number of carbonyl (C=O) groups is 1. The molecule has 1 saturated heterocycles. The smallest absolute Gasteiger partial charge is 0.257 e. The fraction of sp³-hybridized carbons (Fsp3) is 0.237. The fourth-order valence-corrected chi connectivity index (χ4v) is 5.93. The van der Waals surface area contributed by atoms with Gasteiger partial charge in [-0.1, -0.05) is 18.2 Å².